The lowest BCUT2D eigenvalue weighted by molar-refractivity contribution is -0.939. The maximum absolute atomic E-state index is 12.3. The third-order valence-electron chi connectivity index (χ3n) is 4.50. The second-order valence-corrected chi connectivity index (χ2v) is 7.38. The summed E-state index contributed by atoms with van der Waals surface area (Å²) in [4.78, 5) is 1.80. The van der Waals surface area contributed by atoms with Crippen LogP contribution in [-0.2, 0) is 14.3 Å². The molecule has 2 fully saturated rings. The highest BCUT2D eigenvalue weighted by Gasteiger charge is 2.39. The first-order valence-electron chi connectivity index (χ1n) is 7.50. The van der Waals surface area contributed by atoms with Crippen molar-refractivity contribution in [3.8, 4) is 0 Å². The Labute approximate surface area is 120 Å². The molecule has 1 aromatic carbocycles. The highest BCUT2D eigenvalue weighted by atomic mass is 32.2. The Morgan fingerprint density at radius 2 is 1.75 bits per heavy atom. The van der Waals surface area contributed by atoms with E-state index in [0.717, 1.165) is 32.4 Å². The summed E-state index contributed by atoms with van der Waals surface area (Å²) in [5.41, 5.74) is 0. The summed E-state index contributed by atoms with van der Waals surface area (Å²) in [7, 11) is -3.62. The van der Waals surface area contributed by atoms with Gasteiger partial charge in [0.25, 0.3) is 10.1 Å². The topological polar surface area (TPSA) is 47.8 Å². The first-order chi connectivity index (χ1) is 9.67. The number of nitrogens with one attached hydrogen (secondary N) is 1. The zero-order chi connectivity index (χ0) is 14.0. The molecule has 3 atom stereocenters. The van der Waals surface area contributed by atoms with Crippen LogP contribution in [0.25, 0.3) is 0 Å². The Morgan fingerprint density at radius 1 is 1.00 bits per heavy atom. The molecule has 110 valence electrons. The molecule has 0 radical (unpaired) electrons. The van der Waals surface area contributed by atoms with Crippen LogP contribution in [0.2, 0.25) is 0 Å². The van der Waals surface area contributed by atoms with Crippen LogP contribution in [0.5, 0.6) is 0 Å². The third-order valence-corrected chi connectivity index (χ3v) is 5.85. The van der Waals surface area contributed by atoms with Crippen LogP contribution in [0.15, 0.2) is 35.2 Å². The Kier molecular flexibility index (Phi) is 4.10. The predicted octanol–water partition coefficient (Wildman–Crippen LogP) is 0.992. The molecule has 20 heavy (non-hydrogen) atoms. The largest absolute Gasteiger partial charge is 0.330 e. The quantitative estimate of drug-likeness (QED) is 0.846. The number of quaternary nitrogens is 1. The summed E-state index contributed by atoms with van der Waals surface area (Å²) in [6.45, 7) is 2.33. The van der Waals surface area contributed by atoms with Gasteiger partial charge in [-0.2, -0.15) is 8.42 Å². The first kappa shape index (κ1) is 14.0. The molecule has 0 spiro atoms. The van der Waals surface area contributed by atoms with E-state index < -0.39 is 10.1 Å². The first-order valence-corrected chi connectivity index (χ1v) is 8.90. The second-order valence-electron chi connectivity index (χ2n) is 5.80. The van der Waals surface area contributed by atoms with Crippen molar-refractivity contribution in [2.75, 3.05) is 13.1 Å². The zero-order valence-corrected chi connectivity index (χ0v) is 12.4. The molecule has 1 aromatic rings. The van der Waals surface area contributed by atoms with Crippen molar-refractivity contribution >= 4 is 10.1 Å². The average molecular weight is 296 g/mol. The van der Waals surface area contributed by atoms with Gasteiger partial charge >= 0.3 is 0 Å². The van der Waals surface area contributed by atoms with Crippen molar-refractivity contribution in [3.63, 3.8) is 0 Å². The van der Waals surface area contributed by atoms with Crippen LogP contribution >= 0.6 is 0 Å². The number of piperidine rings is 2. The molecule has 4 nitrogen and oxygen atoms in total. The summed E-state index contributed by atoms with van der Waals surface area (Å²) in [5, 5.41) is 0. The SMILES string of the molecule is O=S(=O)(O[C@@H]1CCC[NH+]2CCCC[C@H]12)c1ccccc1. The molecule has 2 saturated heterocycles. The van der Waals surface area contributed by atoms with Gasteiger partial charge in [0.05, 0.1) is 18.0 Å². The van der Waals surface area contributed by atoms with Gasteiger partial charge in [0.2, 0.25) is 0 Å². The second kappa shape index (κ2) is 5.84. The van der Waals surface area contributed by atoms with E-state index in [1.165, 1.54) is 17.7 Å². The molecule has 3 rings (SSSR count). The van der Waals surface area contributed by atoms with E-state index in [1.54, 1.807) is 24.3 Å². The molecule has 2 heterocycles. The van der Waals surface area contributed by atoms with Gasteiger partial charge in [-0.1, -0.05) is 18.2 Å². The molecular formula is C15H22NO3S+. The minimum absolute atomic E-state index is 0.149. The molecule has 0 bridgehead atoms. The van der Waals surface area contributed by atoms with Gasteiger partial charge in [-0.15, -0.1) is 0 Å². The van der Waals surface area contributed by atoms with Crippen LogP contribution in [0.1, 0.15) is 32.1 Å². The predicted molar refractivity (Wildman–Crippen MR) is 76.1 cm³/mol. The van der Waals surface area contributed by atoms with Crippen molar-refractivity contribution in [2.24, 2.45) is 0 Å². The highest BCUT2D eigenvalue weighted by Crippen LogP contribution is 2.22. The lowest BCUT2D eigenvalue weighted by Gasteiger charge is -2.40. The smallest absolute Gasteiger partial charge is 0.297 e. The number of fused-ring (bicyclic) bond motifs is 1. The van der Waals surface area contributed by atoms with Gasteiger partial charge < -0.3 is 4.90 Å². The van der Waals surface area contributed by atoms with Crippen LogP contribution in [0, 0.1) is 0 Å². The van der Waals surface area contributed by atoms with Crippen molar-refractivity contribution < 1.29 is 17.5 Å². The fourth-order valence-electron chi connectivity index (χ4n) is 3.52. The van der Waals surface area contributed by atoms with Gasteiger partial charge in [0.1, 0.15) is 12.1 Å². The molecule has 0 aromatic heterocycles. The molecule has 5 heteroatoms. The standard InChI is InChI=1S/C15H21NO3S/c17-20(18,13-7-2-1-3-8-13)19-15-10-6-12-16-11-5-4-9-14(15)16/h1-3,7-8,14-15H,4-6,9-12H2/p+1/t14-,15-/m1/s1. The summed E-state index contributed by atoms with van der Waals surface area (Å²) >= 11 is 0. The monoisotopic (exact) mass is 296 g/mol. The van der Waals surface area contributed by atoms with Crippen molar-refractivity contribution in [1.82, 2.24) is 0 Å². The zero-order valence-electron chi connectivity index (χ0n) is 11.6. The number of benzene rings is 1. The van der Waals surface area contributed by atoms with Gasteiger partial charge in [0.15, 0.2) is 0 Å². The lowest BCUT2D eigenvalue weighted by atomic mass is 9.91. The number of rotatable bonds is 3. The lowest BCUT2D eigenvalue weighted by Crippen LogP contribution is -3.18. The summed E-state index contributed by atoms with van der Waals surface area (Å²) < 4.78 is 30.3. The molecule has 0 aliphatic carbocycles. The number of hydrogen-bond donors (Lipinski definition) is 1. The minimum Gasteiger partial charge on any atom is -0.330 e. The fourth-order valence-corrected chi connectivity index (χ4v) is 4.67. The van der Waals surface area contributed by atoms with Crippen molar-refractivity contribution in [2.45, 2.75) is 49.1 Å². The summed E-state index contributed by atoms with van der Waals surface area (Å²) in [6, 6.07) is 8.83. The average Bonchev–Trinajstić information content (AvgIpc) is 2.48. The molecular weight excluding hydrogens is 274 g/mol. The molecule has 2 aliphatic heterocycles. The van der Waals surface area contributed by atoms with Crippen LogP contribution in [-0.4, -0.2) is 33.7 Å². The van der Waals surface area contributed by atoms with E-state index in [0.29, 0.717) is 6.04 Å². The van der Waals surface area contributed by atoms with Crippen molar-refractivity contribution in [3.05, 3.63) is 30.3 Å². The van der Waals surface area contributed by atoms with E-state index in [4.69, 9.17) is 4.18 Å². The van der Waals surface area contributed by atoms with Crippen LogP contribution in [0.3, 0.4) is 0 Å². The molecule has 2 aliphatic rings. The molecule has 0 saturated carbocycles. The van der Waals surface area contributed by atoms with E-state index in [9.17, 15) is 8.42 Å². The Balaban J connectivity index is 1.76. The minimum atomic E-state index is -3.62. The van der Waals surface area contributed by atoms with Gasteiger partial charge in [-0.25, -0.2) is 0 Å². The molecule has 1 N–H and O–H groups in total. The van der Waals surface area contributed by atoms with E-state index >= 15 is 0 Å². The maximum atomic E-state index is 12.3. The van der Waals surface area contributed by atoms with Gasteiger partial charge in [-0.05, 0) is 37.8 Å². The third kappa shape index (κ3) is 2.90. The Bertz CT molecular complexity index is 541. The summed E-state index contributed by atoms with van der Waals surface area (Å²) in [6.07, 6.45) is 5.30. The van der Waals surface area contributed by atoms with Crippen LogP contribution < -0.4 is 4.90 Å². The van der Waals surface area contributed by atoms with Crippen molar-refractivity contribution in [1.29, 1.82) is 0 Å². The highest BCUT2D eigenvalue weighted by molar-refractivity contribution is 7.86. The van der Waals surface area contributed by atoms with E-state index in [-0.39, 0.29) is 11.0 Å². The Hall–Kier alpha value is -0.910. The van der Waals surface area contributed by atoms with E-state index in [1.807, 2.05) is 6.07 Å². The maximum Gasteiger partial charge on any atom is 0.297 e. The number of hydrogen-bond acceptors (Lipinski definition) is 3. The Morgan fingerprint density at radius 3 is 2.55 bits per heavy atom. The fraction of sp³-hybridized carbons (Fsp3) is 0.600. The normalized spacial score (nSPS) is 30.7. The van der Waals surface area contributed by atoms with E-state index in [2.05, 4.69) is 0 Å². The van der Waals surface area contributed by atoms with Crippen LogP contribution in [0.4, 0.5) is 0 Å². The van der Waals surface area contributed by atoms with Gasteiger partial charge in [0, 0.05) is 6.42 Å². The summed E-state index contributed by atoms with van der Waals surface area (Å²) in [5.74, 6) is 0. The molecule has 1 unspecified atom stereocenters. The molecule has 0 amide bonds. The van der Waals surface area contributed by atoms with Gasteiger partial charge in [-0.3, -0.25) is 4.18 Å².